The number of carbonyl (C=O) groups excluding carboxylic acids is 2. The van der Waals surface area contributed by atoms with Gasteiger partial charge in [0.15, 0.2) is 5.16 Å². The third-order valence-corrected chi connectivity index (χ3v) is 6.70. The zero-order valence-electron chi connectivity index (χ0n) is 19.1. The molecule has 0 unspecified atom stereocenters. The number of nitrogens with two attached hydrogens (primary N) is 1. The molecule has 2 aromatic heterocycles. The standard InChI is InChI=1S/C24H30N6O3S/c25-21(31)11-14-29(16-19-8-3-1-4-9-19)22(32)18-34-24-27-26-23(28-12-5-2-6-13-28)30(24)17-20-10-7-15-33-20/h1,3-4,7-10,15H,2,5-6,11-14,16-18H2,(H2,25,31). The fraction of sp³-hybridized carbons (Fsp3) is 0.417. The topological polar surface area (TPSA) is 110 Å². The molecule has 3 aromatic rings. The van der Waals surface area contributed by atoms with Crippen LogP contribution in [0.3, 0.4) is 0 Å². The van der Waals surface area contributed by atoms with Gasteiger partial charge in [-0.3, -0.25) is 14.2 Å². The quantitative estimate of drug-likeness (QED) is 0.418. The highest BCUT2D eigenvalue weighted by Gasteiger charge is 2.23. The van der Waals surface area contributed by atoms with Gasteiger partial charge in [-0.15, -0.1) is 10.2 Å². The molecule has 1 aliphatic rings. The highest BCUT2D eigenvalue weighted by molar-refractivity contribution is 7.99. The average molecular weight is 483 g/mol. The predicted molar refractivity (Wildman–Crippen MR) is 130 cm³/mol. The number of primary amides is 1. The maximum absolute atomic E-state index is 13.1. The molecular weight excluding hydrogens is 452 g/mol. The van der Waals surface area contributed by atoms with Gasteiger partial charge in [-0.25, -0.2) is 0 Å². The Balaban J connectivity index is 1.48. The monoisotopic (exact) mass is 482 g/mol. The van der Waals surface area contributed by atoms with Crippen molar-refractivity contribution >= 4 is 29.5 Å². The highest BCUT2D eigenvalue weighted by atomic mass is 32.2. The summed E-state index contributed by atoms with van der Waals surface area (Å²) in [5.41, 5.74) is 6.34. The van der Waals surface area contributed by atoms with Crippen LogP contribution < -0.4 is 10.6 Å². The van der Waals surface area contributed by atoms with Crippen LogP contribution in [-0.4, -0.2) is 56.9 Å². The molecule has 1 aliphatic heterocycles. The first-order valence-electron chi connectivity index (χ1n) is 11.5. The van der Waals surface area contributed by atoms with E-state index in [1.54, 1.807) is 11.2 Å². The molecule has 180 valence electrons. The van der Waals surface area contributed by atoms with Crippen LogP contribution in [-0.2, 0) is 22.7 Å². The van der Waals surface area contributed by atoms with Crippen molar-refractivity contribution < 1.29 is 14.0 Å². The molecule has 2 N–H and O–H groups in total. The lowest BCUT2D eigenvalue weighted by atomic mass is 10.1. The van der Waals surface area contributed by atoms with E-state index in [-0.39, 0.29) is 24.6 Å². The molecule has 9 nitrogen and oxygen atoms in total. The molecule has 0 atom stereocenters. The number of benzene rings is 1. The normalized spacial score (nSPS) is 13.7. The smallest absolute Gasteiger partial charge is 0.233 e. The van der Waals surface area contributed by atoms with Gasteiger partial charge in [0.1, 0.15) is 5.76 Å². The molecule has 10 heteroatoms. The number of thioether (sulfide) groups is 1. The number of hydrogen-bond donors (Lipinski definition) is 1. The van der Waals surface area contributed by atoms with E-state index < -0.39 is 5.91 Å². The molecule has 1 saturated heterocycles. The van der Waals surface area contributed by atoms with Crippen LogP contribution in [0.15, 0.2) is 58.3 Å². The van der Waals surface area contributed by atoms with Gasteiger partial charge in [-0.1, -0.05) is 42.1 Å². The maximum Gasteiger partial charge on any atom is 0.233 e. The van der Waals surface area contributed by atoms with E-state index >= 15 is 0 Å². The number of hydrogen-bond acceptors (Lipinski definition) is 7. The lowest BCUT2D eigenvalue weighted by Gasteiger charge is -2.27. The van der Waals surface area contributed by atoms with E-state index in [2.05, 4.69) is 15.1 Å². The first kappa shape index (κ1) is 23.9. The summed E-state index contributed by atoms with van der Waals surface area (Å²) in [6, 6.07) is 13.5. The second-order valence-corrected chi connectivity index (χ2v) is 9.24. The molecule has 3 heterocycles. The van der Waals surface area contributed by atoms with Crippen molar-refractivity contribution in [1.82, 2.24) is 19.7 Å². The fourth-order valence-electron chi connectivity index (χ4n) is 3.97. The summed E-state index contributed by atoms with van der Waals surface area (Å²) in [5, 5.41) is 9.54. The van der Waals surface area contributed by atoms with E-state index in [4.69, 9.17) is 10.2 Å². The molecule has 0 spiro atoms. The summed E-state index contributed by atoms with van der Waals surface area (Å²) < 4.78 is 7.59. The summed E-state index contributed by atoms with van der Waals surface area (Å²) in [6.45, 7) is 3.08. The van der Waals surface area contributed by atoms with Crippen LogP contribution in [0.5, 0.6) is 0 Å². The SMILES string of the molecule is NC(=O)CCN(Cc1ccccc1)C(=O)CSc1nnc(N2CCCCC2)n1Cc1ccco1. The Morgan fingerprint density at radius 2 is 1.85 bits per heavy atom. The lowest BCUT2D eigenvalue weighted by molar-refractivity contribution is -0.129. The Bertz CT molecular complexity index is 1060. The van der Waals surface area contributed by atoms with Gasteiger partial charge in [0.2, 0.25) is 17.8 Å². The van der Waals surface area contributed by atoms with Crippen molar-refractivity contribution in [2.24, 2.45) is 5.73 Å². The number of aromatic nitrogens is 3. The molecular formula is C24H30N6O3S. The predicted octanol–water partition coefficient (Wildman–Crippen LogP) is 2.91. The summed E-state index contributed by atoms with van der Waals surface area (Å²) in [7, 11) is 0. The molecule has 0 radical (unpaired) electrons. The largest absolute Gasteiger partial charge is 0.467 e. The van der Waals surface area contributed by atoms with Crippen LogP contribution in [0.1, 0.15) is 37.0 Å². The van der Waals surface area contributed by atoms with E-state index in [1.165, 1.54) is 18.2 Å². The number of nitrogens with zero attached hydrogens (tertiary/aromatic N) is 5. The highest BCUT2D eigenvalue weighted by Crippen LogP contribution is 2.26. The van der Waals surface area contributed by atoms with Crippen molar-refractivity contribution in [3.05, 3.63) is 60.1 Å². The molecule has 2 amide bonds. The number of furan rings is 1. The van der Waals surface area contributed by atoms with E-state index in [0.717, 1.165) is 43.2 Å². The molecule has 1 aromatic carbocycles. The van der Waals surface area contributed by atoms with Crippen molar-refractivity contribution in [2.75, 3.05) is 30.3 Å². The van der Waals surface area contributed by atoms with Crippen LogP contribution in [0.4, 0.5) is 5.95 Å². The minimum atomic E-state index is -0.428. The molecule has 34 heavy (non-hydrogen) atoms. The van der Waals surface area contributed by atoms with Crippen molar-refractivity contribution in [1.29, 1.82) is 0 Å². The Labute approximate surface area is 203 Å². The number of rotatable bonds is 11. The third-order valence-electron chi connectivity index (χ3n) is 5.75. The molecule has 1 fully saturated rings. The van der Waals surface area contributed by atoms with Crippen LogP contribution in [0.25, 0.3) is 0 Å². The second-order valence-electron chi connectivity index (χ2n) is 8.30. The summed E-state index contributed by atoms with van der Waals surface area (Å²) >= 11 is 1.35. The van der Waals surface area contributed by atoms with Crippen molar-refractivity contribution in [2.45, 2.75) is 43.9 Å². The zero-order valence-corrected chi connectivity index (χ0v) is 20.0. The van der Waals surface area contributed by atoms with Gasteiger partial charge in [0.25, 0.3) is 0 Å². The summed E-state index contributed by atoms with van der Waals surface area (Å²) in [4.78, 5) is 28.4. The summed E-state index contributed by atoms with van der Waals surface area (Å²) in [6.07, 6.45) is 5.25. The average Bonchev–Trinajstić information content (AvgIpc) is 3.52. The Morgan fingerprint density at radius 3 is 2.56 bits per heavy atom. The number of amides is 2. The number of anilines is 1. The van der Waals surface area contributed by atoms with Crippen molar-refractivity contribution in [3.8, 4) is 0 Å². The Hall–Kier alpha value is -3.27. The summed E-state index contributed by atoms with van der Waals surface area (Å²) in [5.74, 6) is 1.28. The molecule has 0 saturated carbocycles. The first-order valence-corrected chi connectivity index (χ1v) is 12.5. The number of carbonyl (C=O) groups is 2. The van der Waals surface area contributed by atoms with Crippen LogP contribution >= 0.6 is 11.8 Å². The second kappa shape index (κ2) is 11.7. The number of piperidine rings is 1. The van der Waals surface area contributed by atoms with E-state index in [1.807, 2.05) is 47.0 Å². The first-order chi connectivity index (χ1) is 16.6. The van der Waals surface area contributed by atoms with E-state index in [0.29, 0.717) is 18.2 Å². The van der Waals surface area contributed by atoms with Crippen molar-refractivity contribution in [3.63, 3.8) is 0 Å². The van der Waals surface area contributed by atoms with Gasteiger partial charge >= 0.3 is 0 Å². The van der Waals surface area contributed by atoms with E-state index in [9.17, 15) is 9.59 Å². The molecule has 0 bridgehead atoms. The van der Waals surface area contributed by atoms with Gasteiger partial charge in [-0.05, 0) is 37.0 Å². The fourth-order valence-corrected chi connectivity index (χ4v) is 4.81. The third kappa shape index (κ3) is 6.40. The van der Waals surface area contributed by atoms with Gasteiger partial charge < -0.3 is 20.0 Å². The maximum atomic E-state index is 13.1. The Kier molecular flexibility index (Phi) is 8.24. The van der Waals surface area contributed by atoms with Crippen LogP contribution in [0.2, 0.25) is 0 Å². The molecule has 4 rings (SSSR count). The van der Waals surface area contributed by atoms with Gasteiger partial charge in [0.05, 0.1) is 18.6 Å². The van der Waals surface area contributed by atoms with Crippen LogP contribution in [0, 0.1) is 0 Å². The minimum absolute atomic E-state index is 0.0813. The molecule has 0 aliphatic carbocycles. The van der Waals surface area contributed by atoms with Gasteiger partial charge in [0, 0.05) is 32.6 Å². The van der Waals surface area contributed by atoms with Gasteiger partial charge in [-0.2, -0.15) is 0 Å². The lowest BCUT2D eigenvalue weighted by Crippen LogP contribution is -2.35. The zero-order chi connectivity index (χ0) is 23.8. The Morgan fingerprint density at radius 1 is 1.06 bits per heavy atom. The minimum Gasteiger partial charge on any atom is -0.467 e.